The summed E-state index contributed by atoms with van der Waals surface area (Å²) in [6, 6.07) is 2.98. The average molecular weight is 512 g/mol. The van der Waals surface area contributed by atoms with Crippen LogP contribution in [0.15, 0.2) is 18.6 Å². The summed E-state index contributed by atoms with van der Waals surface area (Å²) in [4.78, 5) is 61.0. The van der Waals surface area contributed by atoms with Crippen molar-refractivity contribution < 1.29 is 23.9 Å². The van der Waals surface area contributed by atoms with Gasteiger partial charge in [-0.1, -0.05) is 26.7 Å². The first-order valence-electron chi connectivity index (χ1n) is 12.5. The van der Waals surface area contributed by atoms with Crippen molar-refractivity contribution in [1.82, 2.24) is 24.8 Å². The number of carbonyl (C=O) groups excluding carboxylic acids is 4. The highest BCUT2D eigenvalue weighted by Gasteiger charge is 2.33. The van der Waals surface area contributed by atoms with Crippen LogP contribution in [0, 0.1) is 17.2 Å². The second-order valence-electron chi connectivity index (χ2n) is 9.20. The van der Waals surface area contributed by atoms with Crippen LogP contribution in [0.1, 0.15) is 52.4 Å². The summed E-state index contributed by atoms with van der Waals surface area (Å²) < 4.78 is 6.00. The van der Waals surface area contributed by atoms with E-state index in [1.165, 1.54) is 17.1 Å². The molecule has 1 aliphatic heterocycles. The van der Waals surface area contributed by atoms with E-state index in [4.69, 9.17) is 10.00 Å². The number of esters is 2. The first kappa shape index (κ1) is 27.6. The molecule has 0 aliphatic carbocycles. The fourth-order valence-corrected chi connectivity index (χ4v) is 4.47. The lowest BCUT2D eigenvalue weighted by Crippen LogP contribution is -2.52. The molecule has 1 N–H and O–H groups in total. The Hall–Kier alpha value is -4.01. The molecular formula is C25H33N7O5. The molecule has 12 nitrogen and oxygen atoms in total. The number of anilines is 1. The van der Waals surface area contributed by atoms with E-state index in [0.717, 1.165) is 19.3 Å². The van der Waals surface area contributed by atoms with Gasteiger partial charge in [0, 0.05) is 32.8 Å². The minimum Gasteiger partial charge on any atom is -0.392 e. The molecule has 0 bridgehead atoms. The van der Waals surface area contributed by atoms with Crippen LogP contribution in [0.3, 0.4) is 0 Å². The van der Waals surface area contributed by atoms with E-state index in [-0.39, 0.29) is 30.7 Å². The summed E-state index contributed by atoms with van der Waals surface area (Å²) in [6.07, 6.45) is 6.15. The van der Waals surface area contributed by atoms with Crippen molar-refractivity contribution in [3.8, 4) is 6.07 Å². The SMILES string of the molecule is CCCCCC(=O)OC(=O)CNC(=O)n1ccc2c(N(C)[C@H]3CN(C(=O)CC#N)CC[C@H]3C)ncnc21. The molecule has 198 valence electrons. The monoisotopic (exact) mass is 511 g/mol. The highest BCUT2D eigenvalue weighted by atomic mass is 16.6. The topological polar surface area (TPSA) is 151 Å². The minimum absolute atomic E-state index is 0.0451. The van der Waals surface area contributed by atoms with Crippen molar-refractivity contribution in [2.24, 2.45) is 5.92 Å². The van der Waals surface area contributed by atoms with Gasteiger partial charge in [-0.2, -0.15) is 5.26 Å². The first-order valence-corrected chi connectivity index (χ1v) is 12.5. The van der Waals surface area contributed by atoms with Gasteiger partial charge in [-0.25, -0.2) is 19.6 Å². The van der Waals surface area contributed by atoms with Gasteiger partial charge < -0.3 is 19.9 Å². The van der Waals surface area contributed by atoms with Crippen molar-refractivity contribution in [3.63, 3.8) is 0 Å². The summed E-state index contributed by atoms with van der Waals surface area (Å²) in [5.74, 6) is -0.764. The van der Waals surface area contributed by atoms with Crippen LogP contribution in [0.2, 0.25) is 0 Å². The number of nitrogens with zero attached hydrogens (tertiary/aromatic N) is 6. The van der Waals surface area contributed by atoms with Crippen molar-refractivity contribution in [3.05, 3.63) is 18.6 Å². The largest absolute Gasteiger partial charge is 0.392 e. The number of nitriles is 1. The zero-order chi connectivity index (χ0) is 26.9. The minimum atomic E-state index is -0.830. The number of ether oxygens (including phenoxy) is 1. The number of aromatic nitrogens is 3. The molecule has 2 atom stereocenters. The van der Waals surface area contributed by atoms with E-state index in [9.17, 15) is 19.2 Å². The van der Waals surface area contributed by atoms with Gasteiger partial charge in [-0.05, 0) is 24.8 Å². The predicted octanol–water partition coefficient (Wildman–Crippen LogP) is 2.23. The maximum atomic E-state index is 12.7. The second kappa shape index (κ2) is 12.8. The smallest absolute Gasteiger partial charge is 0.333 e. The summed E-state index contributed by atoms with van der Waals surface area (Å²) in [5.41, 5.74) is 0.347. The van der Waals surface area contributed by atoms with Gasteiger partial charge in [0.25, 0.3) is 0 Å². The Labute approximate surface area is 215 Å². The molecule has 1 saturated heterocycles. The van der Waals surface area contributed by atoms with E-state index in [1.54, 1.807) is 11.0 Å². The number of hydrogen-bond acceptors (Lipinski definition) is 9. The Bertz CT molecular complexity index is 1190. The molecule has 0 unspecified atom stereocenters. The van der Waals surface area contributed by atoms with Crippen LogP contribution in [0.5, 0.6) is 0 Å². The van der Waals surface area contributed by atoms with E-state index in [0.29, 0.717) is 36.4 Å². The third-order valence-corrected chi connectivity index (χ3v) is 6.61. The molecule has 0 spiro atoms. The van der Waals surface area contributed by atoms with Gasteiger partial charge in [-0.15, -0.1) is 0 Å². The Morgan fingerprint density at radius 2 is 2.03 bits per heavy atom. The first-order chi connectivity index (χ1) is 17.8. The normalized spacial score (nSPS) is 17.2. The summed E-state index contributed by atoms with van der Waals surface area (Å²) >= 11 is 0. The fourth-order valence-electron chi connectivity index (χ4n) is 4.47. The molecule has 1 aliphatic rings. The lowest BCUT2D eigenvalue weighted by molar-refractivity contribution is -0.159. The van der Waals surface area contributed by atoms with Crippen LogP contribution in [0.4, 0.5) is 10.6 Å². The van der Waals surface area contributed by atoms with Crippen LogP contribution < -0.4 is 10.2 Å². The van der Waals surface area contributed by atoms with E-state index >= 15 is 0 Å². The number of likely N-dealkylation sites (tertiary alicyclic amines) is 1. The average Bonchev–Trinajstić information content (AvgIpc) is 3.32. The molecule has 0 aromatic carbocycles. The third kappa shape index (κ3) is 6.81. The van der Waals surface area contributed by atoms with Crippen LogP contribution in [-0.4, -0.2) is 76.0 Å². The maximum Gasteiger partial charge on any atom is 0.333 e. The summed E-state index contributed by atoms with van der Waals surface area (Å²) in [7, 11) is 1.88. The number of carbonyl (C=O) groups is 4. The number of piperidine rings is 1. The Morgan fingerprint density at radius 3 is 2.76 bits per heavy atom. The molecule has 3 heterocycles. The molecule has 0 radical (unpaired) electrons. The molecular weight excluding hydrogens is 478 g/mol. The zero-order valence-corrected chi connectivity index (χ0v) is 21.5. The molecule has 2 aromatic heterocycles. The second-order valence-corrected chi connectivity index (χ2v) is 9.20. The predicted molar refractivity (Wildman–Crippen MR) is 134 cm³/mol. The Morgan fingerprint density at radius 1 is 1.24 bits per heavy atom. The number of nitrogens with one attached hydrogen (secondary N) is 1. The van der Waals surface area contributed by atoms with E-state index < -0.39 is 24.5 Å². The fraction of sp³-hybridized carbons (Fsp3) is 0.560. The lowest BCUT2D eigenvalue weighted by Gasteiger charge is -2.42. The highest BCUT2D eigenvalue weighted by molar-refractivity contribution is 5.96. The molecule has 2 amide bonds. The highest BCUT2D eigenvalue weighted by Crippen LogP contribution is 2.29. The van der Waals surface area contributed by atoms with Gasteiger partial charge in [0.15, 0.2) is 5.65 Å². The van der Waals surface area contributed by atoms with Gasteiger partial charge >= 0.3 is 18.0 Å². The van der Waals surface area contributed by atoms with E-state index in [2.05, 4.69) is 22.2 Å². The van der Waals surface area contributed by atoms with Crippen molar-refractivity contribution in [1.29, 1.82) is 5.26 Å². The van der Waals surface area contributed by atoms with Crippen molar-refractivity contribution >= 4 is 40.7 Å². The maximum absolute atomic E-state index is 12.7. The van der Waals surface area contributed by atoms with E-state index in [1.807, 2.05) is 24.9 Å². The van der Waals surface area contributed by atoms with Gasteiger partial charge in [0.2, 0.25) is 5.91 Å². The molecule has 3 rings (SSSR count). The summed E-state index contributed by atoms with van der Waals surface area (Å²) in [5, 5.41) is 12.0. The number of amides is 2. The van der Waals surface area contributed by atoms with Crippen LogP contribution >= 0.6 is 0 Å². The molecule has 0 saturated carbocycles. The number of unbranched alkanes of at least 4 members (excludes halogenated alkanes) is 2. The molecule has 37 heavy (non-hydrogen) atoms. The molecule has 1 fully saturated rings. The standard InChI is InChI=1S/C25H33N7O5/c1-4-5-6-7-21(34)37-22(35)14-27-25(36)32-13-10-18-23(28-16-29-24(18)32)30(3)19-15-31(12-9-17(19)2)20(33)8-11-26/h10,13,16-17,19H,4-9,12,14-15H2,1-3H3,(H,27,36)/t17-,19+/m1/s1. The Balaban J connectivity index is 1.68. The number of rotatable bonds is 9. The van der Waals surface area contributed by atoms with Crippen molar-refractivity contribution in [2.75, 3.05) is 31.6 Å². The van der Waals surface area contributed by atoms with Gasteiger partial charge in [0.1, 0.15) is 25.1 Å². The number of fused-ring (bicyclic) bond motifs is 1. The molecule has 2 aromatic rings. The van der Waals surface area contributed by atoms with Crippen molar-refractivity contribution in [2.45, 2.75) is 58.4 Å². The number of hydrogen-bond donors (Lipinski definition) is 1. The zero-order valence-electron chi connectivity index (χ0n) is 21.5. The summed E-state index contributed by atoms with van der Waals surface area (Å²) in [6.45, 7) is 4.73. The van der Waals surface area contributed by atoms with Crippen LogP contribution in [0.25, 0.3) is 11.0 Å². The quantitative estimate of drug-likeness (QED) is 0.304. The third-order valence-electron chi connectivity index (χ3n) is 6.61. The van der Waals surface area contributed by atoms with Gasteiger partial charge in [0.05, 0.1) is 17.5 Å². The number of likely N-dealkylation sites (N-methyl/N-ethyl adjacent to an activating group) is 1. The van der Waals surface area contributed by atoms with Crippen LogP contribution in [-0.2, 0) is 19.1 Å². The Kier molecular flexibility index (Phi) is 9.54. The lowest BCUT2D eigenvalue weighted by atomic mass is 9.92. The van der Waals surface area contributed by atoms with Gasteiger partial charge in [-0.3, -0.25) is 14.2 Å². The molecule has 12 heteroatoms.